The van der Waals surface area contributed by atoms with E-state index in [9.17, 15) is 24.7 Å². The number of nitrogens with zero attached hydrogens (tertiary/aromatic N) is 1. The zero-order valence-electron chi connectivity index (χ0n) is 7.61. The fraction of sp³-hybridized carbons (Fsp3) is 0.333. The van der Waals surface area contributed by atoms with Gasteiger partial charge in [0, 0.05) is 5.56 Å². The molecule has 5 nitrogen and oxygen atoms in total. The first-order valence-electron chi connectivity index (χ1n) is 4.34. The fourth-order valence-corrected chi connectivity index (χ4v) is 1.47. The van der Waals surface area contributed by atoms with Gasteiger partial charge < -0.3 is 10.2 Å². The summed E-state index contributed by atoms with van der Waals surface area (Å²) in [5.74, 6) is -1.49. The van der Waals surface area contributed by atoms with Crippen molar-refractivity contribution in [3.8, 4) is 5.75 Å². The van der Waals surface area contributed by atoms with Crippen molar-refractivity contribution in [2.45, 2.75) is 18.4 Å². The number of hydrogen-bond donors (Lipinski definition) is 2. The Kier molecular flexibility index (Phi) is 1.90. The highest BCUT2D eigenvalue weighted by Crippen LogP contribution is 2.50. The highest BCUT2D eigenvalue weighted by molar-refractivity contribution is 5.54. The molecular formula is C9H8FNO4. The minimum absolute atomic E-state index is 0.103. The Bertz CT molecular complexity index is 442. The maximum Gasteiger partial charge on any atom is 0.314 e. The van der Waals surface area contributed by atoms with Gasteiger partial charge in [-0.25, -0.2) is 4.39 Å². The molecular weight excluding hydrogens is 205 g/mol. The summed E-state index contributed by atoms with van der Waals surface area (Å²) >= 11 is 0. The Morgan fingerprint density at radius 2 is 2.07 bits per heavy atom. The lowest BCUT2D eigenvalue weighted by molar-refractivity contribution is -0.386. The predicted molar refractivity (Wildman–Crippen MR) is 47.9 cm³/mol. The molecule has 0 heterocycles. The molecule has 0 radical (unpaired) electrons. The van der Waals surface area contributed by atoms with Crippen molar-refractivity contribution in [2.24, 2.45) is 0 Å². The van der Waals surface area contributed by atoms with Crippen LogP contribution in [0.1, 0.15) is 18.4 Å². The molecule has 1 aromatic carbocycles. The highest BCUT2D eigenvalue weighted by atomic mass is 19.1. The van der Waals surface area contributed by atoms with E-state index >= 15 is 0 Å². The molecule has 6 heteroatoms. The van der Waals surface area contributed by atoms with Crippen LogP contribution in [-0.4, -0.2) is 15.1 Å². The first-order valence-corrected chi connectivity index (χ1v) is 4.34. The van der Waals surface area contributed by atoms with Gasteiger partial charge in [-0.15, -0.1) is 0 Å². The maximum atomic E-state index is 13.0. The summed E-state index contributed by atoms with van der Waals surface area (Å²) in [7, 11) is 0. The second-order valence-electron chi connectivity index (χ2n) is 3.61. The number of rotatable bonds is 2. The second kappa shape index (κ2) is 2.90. The molecule has 0 bridgehead atoms. The Labute approximate surface area is 83.9 Å². The molecule has 2 rings (SSSR count). The van der Waals surface area contributed by atoms with E-state index in [0.29, 0.717) is 18.9 Å². The molecule has 1 saturated carbocycles. The molecule has 0 atom stereocenters. The van der Waals surface area contributed by atoms with Gasteiger partial charge in [0.15, 0.2) is 0 Å². The van der Waals surface area contributed by atoms with E-state index < -0.39 is 27.8 Å². The molecule has 0 aliphatic heterocycles. The van der Waals surface area contributed by atoms with Crippen LogP contribution in [0, 0.1) is 15.9 Å². The lowest BCUT2D eigenvalue weighted by Crippen LogP contribution is -2.06. The van der Waals surface area contributed by atoms with Crippen molar-refractivity contribution < 1.29 is 19.5 Å². The van der Waals surface area contributed by atoms with Crippen LogP contribution in [0.15, 0.2) is 12.1 Å². The third-order valence-corrected chi connectivity index (χ3v) is 2.48. The van der Waals surface area contributed by atoms with Gasteiger partial charge in [0.1, 0.15) is 5.82 Å². The minimum Gasteiger partial charge on any atom is -0.502 e. The number of phenolic OH excluding ortho intramolecular Hbond substituents is 1. The molecule has 80 valence electrons. The average Bonchev–Trinajstić information content (AvgIpc) is 2.88. The van der Waals surface area contributed by atoms with Crippen molar-refractivity contribution in [1.82, 2.24) is 0 Å². The van der Waals surface area contributed by atoms with E-state index in [1.165, 1.54) is 0 Å². The number of nitro benzene ring substituents is 1. The molecule has 2 N–H and O–H groups in total. The topological polar surface area (TPSA) is 83.6 Å². The maximum absolute atomic E-state index is 13.0. The van der Waals surface area contributed by atoms with E-state index in [2.05, 4.69) is 0 Å². The smallest absolute Gasteiger partial charge is 0.314 e. The molecule has 0 amide bonds. The van der Waals surface area contributed by atoms with Crippen LogP contribution in [0.25, 0.3) is 0 Å². The van der Waals surface area contributed by atoms with Crippen molar-refractivity contribution in [3.05, 3.63) is 33.6 Å². The molecule has 0 unspecified atom stereocenters. The van der Waals surface area contributed by atoms with Gasteiger partial charge in [-0.1, -0.05) is 0 Å². The van der Waals surface area contributed by atoms with Crippen LogP contribution in [0.5, 0.6) is 5.75 Å². The number of aliphatic hydroxyl groups is 1. The first kappa shape index (κ1) is 9.85. The third kappa shape index (κ3) is 1.52. The summed E-state index contributed by atoms with van der Waals surface area (Å²) < 4.78 is 13.0. The van der Waals surface area contributed by atoms with Crippen molar-refractivity contribution >= 4 is 5.69 Å². The standard InChI is InChI=1S/C9H8FNO4/c10-5-3-6(9(13)1-2-9)8(12)7(4-5)11(14)15/h3-4,12-13H,1-2H2. The van der Waals surface area contributed by atoms with Crippen LogP contribution in [-0.2, 0) is 5.60 Å². The molecule has 1 aliphatic carbocycles. The number of nitro groups is 1. The van der Waals surface area contributed by atoms with Crippen molar-refractivity contribution in [1.29, 1.82) is 0 Å². The molecule has 1 aromatic rings. The number of benzene rings is 1. The molecule has 15 heavy (non-hydrogen) atoms. The van der Waals surface area contributed by atoms with E-state index in [1.807, 2.05) is 0 Å². The quantitative estimate of drug-likeness (QED) is 0.574. The lowest BCUT2D eigenvalue weighted by atomic mass is 10.1. The summed E-state index contributed by atoms with van der Waals surface area (Å²) in [4.78, 5) is 9.59. The van der Waals surface area contributed by atoms with Crippen LogP contribution in [0.2, 0.25) is 0 Å². The molecule has 1 fully saturated rings. The van der Waals surface area contributed by atoms with Gasteiger partial charge in [-0.2, -0.15) is 0 Å². The van der Waals surface area contributed by atoms with E-state index in [0.717, 1.165) is 6.07 Å². The van der Waals surface area contributed by atoms with E-state index in [1.54, 1.807) is 0 Å². The molecule has 0 aromatic heterocycles. The van der Waals surface area contributed by atoms with Crippen LogP contribution in [0.3, 0.4) is 0 Å². The Hall–Kier alpha value is -1.69. The normalized spacial score (nSPS) is 17.5. The highest BCUT2D eigenvalue weighted by Gasteiger charge is 2.46. The summed E-state index contributed by atoms with van der Waals surface area (Å²) in [5, 5.41) is 29.6. The third-order valence-electron chi connectivity index (χ3n) is 2.48. The Morgan fingerprint density at radius 1 is 1.47 bits per heavy atom. The minimum atomic E-state index is -1.29. The van der Waals surface area contributed by atoms with Crippen LogP contribution >= 0.6 is 0 Å². The van der Waals surface area contributed by atoms with Crippen LogP contribution in [0.4, 0.5) is 10.1 Å². The first-order chi connectivity index (χ1) is 6.94. The monoisotopic (exact) mass is 213 g/mol. The summed E-state index contributed by atoms with van der Waals surface area (Å²) in [6.45, 7) is 0. The summed E-state index contributed by atoms with van der Waals surface area (Å²) in [6, 6.07) is 1.56. The fourth-order valence-electron chi connectivity index (χ4n) is 1.47. The number of aromatic hydroxyl groups is 1. The largest absolute Gasteiger partial charge is 0.502 e. The number of halogens is 1. The predicted octanol–water partition coefficient (Wildman–Crippen LogP) is 1.42. The second-order valence-corrected chi connectivity index (χ2v) is 3.61. The van der Waals surface area contributed by atoms with E-state index in [-0.39, 0.29) is 5.56 Å². The number of hydrogen-bond acceptors (Lipinski definition) is 4. The molecule has 0 saturated heterocycles. The van der Waals surface area contributed by atoms with Gasteiger partial charge in [-0.3, -0.25) is 10.1 Å². The summed E-state index contributed by atoms with van der Waals surface area (Å²) in [6.07, 6.45) is 0.752. The van der Waals surface area contributed by atoms with Crippen molar-refractivity contribution in [3.63, 3.8) is 0 Å². The van der Waals surface area contributed by atoms with Gasteiger partial charge in [0.05, 0.1) is 16.6 Å². The average molecular weight is 213 g/mol. The summed E-state index contributed by atoms with van der Waals surface area (Å²) in [5.41, 5.74) is -2.11. The Balaban J connectivity index is 2.60. The zero-order chi connectivity index (χ0) is 11.2. The molecule has 0 spiro atoms. The molecule has 1 aliphatic rings. The van der Waals surface area contributed by atoms with E-state index in [4.69, 9.17) is 0 Å². The van der Waals surface area contributed by atoms with Gasteiger partial charge >= 0.3 is 5.69 Å². The van der Waals surface area contributed by atoms with Gasteiger partial charge in [-0.05, 0) is 18.9 Å². The lowest BCUT2D eigenvalue weighted by Gasteiger charge is -2.10. The Morgan fingerprint density at radius 3 is 2.53 bits per heavy atom. The van der Waals surface area contributed by atoms with Gasteiger partial charge in [0.2, 0.25) is 5.75 Å². The van der Waals surface area contributed by atoms with Crippen LogP contribution < -0.4 is 0 Å². The van der Waals surface area contributed by atoms with Crippen molar-refractivity contribution in [2.75, 3.05) is 0 Å². The number of phenols is 1. The van der Waals surface area contributed by atoms with Gasteiger partial charge in [0.25, 0.3) is 0 Å². The zero-order valence-corrected chi connectivity index (χ0v) is 7.61. The SMILES string of the molecule is O=[N+]([O-])c1cc(F)cc(C2(O)CC2)c1O.